The molecule has 0 bridgehead atoms. The molecular formula is C9H7FN2O. The highest BCUT2D eigenvalue weighted by Gasteiger charge is 2.03. The third-order valence-corrected chi connectivity index (χ3v) is 1.78. The molecule has 0 spiro atoms. The van der Waals surface area contributed by atoms with Crippen molar-refractivity contribution in [3.63, 3.8) is 0 Å². The van der Waals surface area contributed by atoms with E-state index in [1.807, 2.05) is 0 Å². The third-order valence-electron chi connectivity index (χ3n) is 1.78. The van der Waals surface area contributed by atoms with Crippen LogP contribution < -0.4 is 0 Å². The smallest absolute Gasteiger partial charge is 0.164 e. The molecule has 2 N–H and O–H groups in total. The first-order valence-corrected chi connectivity index (χ1v) is 3.75. The van der Waals surface area contributed by atoms with Crippen molar-refractivity contribution in [1.29, 1.82) is 0 Å². The lowest BCUT2D eigenvalue weighted by Crippen LogP contribution is -1.78. The Hall–Kier alpha value is -1.84. The van der Waals surface area contributed by atoms with Gasteiger partial charge in [0.15, 0.2) is 11.6 Å². The minimum absolute atomic E-state index is 0.348. The molecule has 3 nitrogen and oxygen atoms in total. The van der Waals surface area contributed by atoms with Crippen molar-refractivity contribution >= 4 is 0 Å². The lowest BCUT2D eigenvalue weighted by molar-refractivity contribution is 0.433. The summed E-state index contributed by atoms with van der Waals surface area (Å²) >= 11 is 0. The molecule has 2 aromatic rings. The average Bonchev–Trinajstić information content (AvgIpc) is 2.62. The number of hydrogen-bond donors (Lipinski definition) is 2. The molecule has 4 heteroatoms. The number of nitrogens with one attached hydrogen (secondary N) is 1. The summed E-state index contributed by atoms with van der Waals surface area (Å²) in [6, 6.07) is 4.16. The number of phenolic OH excluding ortho intramolecular Hbond substituents is 1. The van der Waals surface area contributed by atoms with Gasteiger partial charge in [0, 0.05) is 11.8 Å². The highest BCUT2D eigenvalue weighted by atomic mass is 19.1. The van der Waals surface area contributed by atoms with Crippen LogP contribution in [0, 0.1) is 5.82 Å². The van der Waals surface area contributed by atoms with Gasteiger partial charge in [0.25, 0.3) is 0 Å². The summed E-state index contributed by atoms with van der Waals surface area (Å²) in [4.78, 5) is 0. The van der Waals surface area contributed by atoms with Gasteiger partial charge in [0.1, 0.15) is 0 Å². The number of nitrogens with zero attached hydrogens (tertiary/aromatic N) is 1. The molecule has 0 amide bonds. The second-order valence-electron chi connectivity index (χ2n) is 2.65. The molecule has 0 aliphatic heterocycles. The van der Waals surface area contributed by atoms with Crippen LogP contribution in [0.1, 0.15) is 0 Å². The number of aromatic hydroxyl groups is 1. The van der Waals surface area contributed by atoms with Crippen LogP contribution in [-0.4, -0.2) is 15.3 Å². The number of halogens is 1. The molecule has 1 aromatic heterocycles. The summed E-state index contributed by atoms with van der Waals surface area (Å²) in [6.45, 7) is 0. The average molecular weight is 178 g/mol. The molecule has 0 fully saturated rings. The molecule has 66 valence electrons. The zero-order chi connectivity index (χ0) is 9.26. The van der Waals surface area contributed by atoms with Gasteiger partial charge in [-0.1, -0.05) is 6.07 Å². The Labute approximate surface area is 73.8 Å². The summed E-state index contributed by atoms with van der Waals surface area (Å²) in [7, 11) is 0. The zero-order valence-corrected chi connectivity index (χ0v) is 6.66. The quantitative estimate of drug-likeness (QED) is 0.700. The number of hydrogen-bond acceptors (Lipinski definition) is 2. The van der Waals surface area contributed by atoms with Crippen LogP contribution in [-0.2, 0) is 0 Å². The maximum absolute atomic E-state index is 12.7. The van der Waals surface area contributed by atoms with E-state index >= 15 is 0 Å². The molecular weight excluding hydrogens is 171 g/mol. The van der Waals surface area contributed by atoms with E-state index in [4.69, 9.17) is 5.11 Å². The van der Waals surface area contributed by atoms with E-state index in [1.54, 1.807) is 18.5 Å². The van der Waals surface area contributed by atoms with Gasteiger partial charge < -0.3 is 5.11 Å². The Kier molecular flexibility index (Phi) is 1.73. The number of H-pyrrole nitrogens is 1. The van der Waals surface area contributed by atoms with Crippen LogP contribution in [0.2, 0.25) is 0 Å². The van der Waals surface area contributed by atoms with E-state index in [1.165, 1.54) is 12.1 Å². The van der Waals surface area contributed by atoms with Crippen molar-refractivity contribution in [2.24, 2.45) is 0 Å². The van der Waals surface area contributed by atoms with Crippen LogP contribution in [0.5, 0.6) is 5.75 Å². The minimum atomic E-state index is -0.618. The molecule has 0 saturated carbocycles. The van der Waals surface area contributed by atoms with E-state index in [9.17, 15) is 4.39 Å². The first kappa shape index (κ1) is 7.79. The Balaban J connectivity index is 2.49. The fourth-order valence-corrected chi connectivity index (χ4v) is 1.10. The van der Waals surface area contributed by atoms with Crippen molar-refractivity contribution in [1.82, 2.24) is 10.2 Å². The van der Waals surface area contributed by atoms with Gasteiger partial charge in [0.2, 0.25) is 0 Å². The zero-order valence-electron chi connectivity index (χ0n) is 6.66. The summed E-state index contributed by atoms with van der Waals surface area (Å²) in [6.07, 6.45) is 3.28. The fourth-order valence-electron chi connectivity index (χ4n) is 1.10. The number of aromatic amines is 1. The molecule has 2 rings (SSSR count). The molecule has 0 aliphatic rings. The fraction of sp³-hybridized carbons (Fsp3) is 0. The second kappa shape index (κ2) is 2.90. The lowest BCUT2D eigenvalue weighted by Gasteiger charge is -1.98. The van der Waals surface area contributed by atoms with Crippen LogP contribution in [0.3, 0.4) is 0 Å². The van der Waals surface area contributed by atoms with Crippen LogP contribution in [0.4, 0.5) is 4.39 Å². The molecule has 0 atom stereocenters. The Morgan fingerprint density at radius 1 is 1.31 bits per heavy atom. The van der Waals surface area contributed by atoms with E-state index in [-0.39, 0.29) is 5.75 Å². The van der Waals surface area contributed by atoms with Gasteiger partial charge in [-0.25, -0.2) is 4.39 Å². The van der Waals surface area contributed by atoms with E-state index in [0.717, 1.165) is 11.1 Å². The monoisotopic (exact) mass is 178 g/mol. The van der Waals surface area contributed by atoms with Gasteiger partial charge in [-0.2, -0.15) is 5.10 Å². The Bertz CT molecular complexity index is 412. The Morgan fingerprint density at radius 3 is 2.77 bits per heavy atom. The van der Waals surface area contributed by atoms with Crippen LogP contribution in [0.25, 0.3) is 11.1 Å². The number of aromatic nitrogens is 2. The molecule has 1 heterocycles. The van der Waals surface area contributed by atoms with Crippen LogP contribution >= 0.6 is 0 Å². The lowest BCUT2D eigenvalue weighted by atomic mass is 10.1. The molecule has 0 radical (unpaired) electrons. The molecule has 0 aliphatic carbocycles. The maximum Gasteiger partial charge on any atom is 0.164 e. The highest BCUT2D eigenvalue weighted by molar-refractivity contribution is 5.63. The van der Waals surface area contributed by atoms with Gasteiger partial charge in [-0.3, -0.25) is 5.10 Å². The largest absolute Gasteiger partial charge is 0.505 e. The predicted molar refractivity (Wildman–Crippen MR) is 45.6 cm³/mol. The second-order valence-corrected chi connectivity index (χ2v) is 2.65. The summed E-state index contributed by atoms with van der Waals surface area (Å²) in [5.41, 5.74) is 1.54. The van der Waals surface area contributed by atoms with Gasteiger partial charge in [0.05, 0.1) is 6.20 Å². The van der Waals surface area contributed by atoms with E-state index in [0.29, 0.717) is 0 Å². The van der Waals surface area contributed by atoms with Crippen molar-refractivity contribution in [2.75, 3.05) is 0 Å². The van der Waals surface area contributed by atoms with Crippen molar-refractivity contribution in [3.05, 3.63) is 36.4 Å². The first-order valence-electron chi connectivity index (χ1n) is 3.75. The highest BCUT2D eigenvalue weighted by Crippen LogP contribution is 2.24. The topological polar surface area (TPSA) is 48.9 Å². The summed E-state index contributed by atoms with van der Waals surface area (Å²) in [5, 5.41) is 15.5. The van der Waals surface area contributed by atoms with E-state index < -0.39 is 5.82 Å². The summed E-state index contributed by atoms with van der Waals surface area (Å²) < 4.78 is 12.7. The maximum atomic E-state index is 12.7. The van der Waals surface area contributed by atoms with E-state index in [2.05, 4.69) is 10.2 Å². The first-order chi connectivity index (χ1) is 6.27. The normalized spacial score (nSPS) is 10.2. The van der Waals surface area contributed by atoms with Gasteiger partial charge in [-0.05, 0) is 17.7 Å². The standard InChI is InChI=1S/C9H7FN2O/c10-8-2-1-6(3-9(8)13)7-4-11-12-5-7/h1-5,13H,(H,11,12). The van der Waals surface area contributed by atoms with Gasteiger partial charge >= 0.3 is 0 Å². The third kappa shape index (κ3) is 1.38. The summed E-state index contributed by atoms with van der Waals surface area (Å²) in [5.74, 6) is -0.967. The van der Waals surface area contributed by atoms with Crippen molar-refractivity contribution in [3.8, 4) is 16.9 Å². The van der Waals surface area contributed by atoms with Crippen LogP contribution in [0.15, 0.2) is 30.6 Å². The predicted octanol–water partition coefficient (Wildman–Crippen LogP) is 1.92. The SMILES string of the molecule is Oc1cc(-c2cn[nH]c2)ccc1F. The molecule has 0 unspecified atom stereocenters. The number of phenols is 1. The molecule has 1 aromatic carbocycles. The Morgan fingerprint density at radius 2 is 2.15 bits per heavy atom. The molecule has 13 heavy (non-hydrogen) atoms. The van der Waals surface area contributed by atoms with Crippen molar-refractivity contribution < 1.29 is 9.50 Å². The molecule has 0 saturated heterocycles. The minimum Gasteiger partial charge on any atom is -0.505 e. The number of benzene rings is 1. The van der Waals surface area contributed by atoms with Crippen molar-refractivity contribution in [2.45, 2.75) is 0 Å². The number of rotatable bonds is 1. The van der Waals surface area contributed by atoms with Gasteiger partial charge in [-0.15, -0.1) is 0 Å².